The number of halogens is 4. The molecular weight excluding hydrogens is 211 g/mol. The van der Waals surface area contributed by atoms with E-state index in [-0.39, 0.29) is 0 Å². The van der Waals surface area contributed by atoms with Crippen LogP contribution in [0.4, 0.5) is 0 Å². The van der Waals surface area contributed by atoms with Crippen LogP contribution in [0.2, 0.25) is 0 Å². The number of hydrogen-bond donors (Lipinski definition) is 1. The quantitative estimate of drug-likeness (QED) is 0.289. The Balaban J connectivity index is 0. The van der Waals surface area contributed by atoms with Crippen LogP contribution in [-0.2, 0) is 0 Å². The van der Waals surface area contributed by atoms with Crippen LogP contribution in [0.3, 0.4) is 0 Å². The van der Waals surface area contributed by atoms with E-state index in [1.165, 1.54) is 0 Å². The van der Waals surface area contributed by atoms with Gasteiger partial charge in [-0.25, -0.2) is 0 Å². The molecule has 0 aromatic heterocycles. The highest BCUT2D eigenvalue weighted by Crippen LogP contribution is 2.23. The molecule has 8 heteroatoms. The molecule has 0 heterocycles. The van der Waals surface area contributed by atoms with Crippen molar-refractivity contribution in [1.29, 1.82) is 5.39 Å². The first-order valence-electron chi connectivity index (χ1n) is 1.33. The van der Waals surface area contributed by atoms with Gasteiger partial charge < -0.3 is 40.2 Å². The molecule has 0 unspecified atom stereocenters. The molecule has 0 aliphatic heterocycles. The first-order valence-corrected chi connectivity index (χ1v) is 8.31. The second kappa shape index (κ2) is 6.04. The van der Waals surface area contributed by atoms with Gasteiger partial charge in [-0.05, 0) is 0 Å². The van der Waals surface area contributed by atoms with Gasteiger partial charge in [-0.1, -0.05) is 5.84 Å². The van der Waals surface area contributed by atoms with Gasteiger partial charge >= 0.3 is 9.39 Å². The molecule has 0 bridgehead atoms. The standard InChI is InChI=1S/Al.4ClH.H2N3/c;;;;;1-3-2/h;4*1H;1H2/q+3;;;;;+1/p-4. The van der Waals surface area contributed by atoms with Crippen LogP contribution in [-0.4, -0.2) is 9.39 Å². The lowest BCUT2D eigenvalue weighted by molar-refractivity contribution is 1.36. The number of diazo groups is 1. The highest BCUT2D eigenvalue weighted by molar-refractivity contribution is 7.81. The van der Waals surface area contributed by atoms with E-state index < -0.39 is 9.39 Å². The summed E-state index contributed by atoms with van der Waals surface area (Å²) in [6.07, 6.45) is 0. The van der Waals surface area contributed by atoms with Crippen molar-refractivity contribution in [1.82, 2.24) is 0 Å². The Morgan fingerprint density at radius 2 is 1.25 bits per heavy atom. The summed E-state index contributed by atoms with van der Waals surface area (Å²) in [6.45, 7) is 0. The second-order valence-corrected chi connectivity index (χ2v) is 13.5. The third-order valence-electron chi connectivity index (χ3n) is 0. The molecule has 0 amide bonds. The normalized spacial score (nSPS) is 8.38. The SMILES string of the molecule is N#[N+]N.[Cl][Al-]([Cl])([Cl])[Cl]. The highest BCUT2D eigenvalue weighted by Gasteiger charge is 2.14. The molecule has 0 aliphatic rings. The lowest BCUT2D eigenvalue weighted by Crippen LogP contribution is -1.91. The fourth-order valence-electron chi connectivity index (χ4n) is 0. The van der Waals surface area contributed by atoms with E-state index in [4.69, 9.17) is 45.6 Å². The molecule has 0 saturated carbocycles. The maximum Gasteiger partial charge on any atom is 0.564 e. The molecule has 0 fully saturated rings. The topological polar surface area (TPSA) is 54.2 Å². The summed E-state index contributed by atoms with van der Waals surface area (Å²) < 4.78 is 0. The smallest absolute Gasteiger partial charge is 0.391 e. The third kappa shape index (κ3) is 290. The maximum atomic E-state index is 6.97. The Bertz CT molecular complexity index is 72.3. The van der Waals surface area contributed by atoms with Crippen molar-refractivity contribution in [2.75, 3.05) is 0 Å². The van der Waals surface area contributed by atoms with Gasteiger partial charge in [0, 0.05) is 0 Å². The van der Waals surface area contributed by atoms with Gasteiger partial charge in [0.15, 0.2) is 0 Å². The lowest BCUT2D eigenvalue weighted by atomic mass is 12.9. The first-order chi connectivity index (χ1) is 3.41. The minimum Gasteiger partial charge on any atom is -0.391 e. The van der Waals surface area contributed by atoms with E-state index in [2.05, 4.69) is 5.84 Å². The van der Waals surface area contributed by atoms with E-state index >= 15 is 0 Å². The largest absolute Gasteiger partial charge is 0.564 e. The van der Waals surface area contributed by atoms with Crippen LogP contribution in [0, 0.1) is 5.39 Å². The minimum absolute atomic E-state index is 2.00. The lowest BCUT2D eigenvalue weighted by Gasteiger charge is -1.97. The average Bonchev–Trinajstić information content (AvgIpc) is 1.27. The van der Waals surface area contributed by atoms with Crippen LogP contribution in [0.15, 0.2) is 0 Å². The average molecular weight is 213 g/mol. The predicted molar refractivity (Wildman–Crippen MR) is 38.4 cm³/mol. The Morgan fingerprint density at radius 1 is 1.25 bits per heavy atom. The van der Waals surface area contributed by atoms with Crippen molar-refractivity contribution in [3.8, 4) is 0 Å². The van der Waals surface area contributed by atoms with E-state index in [1.807, 2.05) is 5.08 Å². The van der Waals surface area contributed by atoms with E-state index in [0.29, 0.717) is 0 Å². The first kappa shape index (κ1) is 11.7. The van der Waals surface area contributed by atoms with Gasteiger partial charge in [0.05, 0.1) is 0 Å². The fourth-order valence-corrected chi connectivity index (χ4v) is 0. The van der Waals surface area contributed by atoms with Crippen molar-refractivity contribution in [2.24, 2.45) is 5.84 Å². The van der Waals surface area contributed by atoms with Crippen molar-refractivity contribution in [3.05, 3.63) is 5.08 Å². The van der Waals surface area contributed by atoms with Crippen LogP contribution in [0.5, 0.6) is 0 Å². The molecule has 0 radical (unpaired) electrons. The van der Waals surface area contributed by atoms with Crippen molar-refractivity contribution in [3.63, 3.8) is 0 Å². The van der Waals surface area contributed by atoms with Crippen LogP contribution in [0.1, 0.15) is 0 Å². The molecule has 3 nitrogen and oxygen atoms in total. The summed E-state index contributed by atoms with van der Waals surface area (Å²) in [5.74, 6) is 4.03. The Hall–Kier alpha value is 0.912. The Morgan fingerprint density at radius 3 is 1.25 bits per heavy atom. The highest BCUT2D eigenvalue weighted by atomic mass is 35.9. The summed E-state index contributed by atoms with van der Waals surface area (Å²) in [7, 11) is 17.0. The van der Waals surface area contributed by atoms with Crippen LogP contribution < -0.4 is 5.84 Å². The predicted octanol–water partition coefficient (Wildman–Crippen LogP) is 2.09. The molecule has 0 aromatic rings. The van der Waals surface area contributed by atoms with E-state index in [0.717, 1.165) is 0 Å². The van der Waals surface area contributed by atoms with Gasteiger partial charge in [0.25, 0.3) is 10.5 Å². The molecule has 8 heavy (non-hydrogen) atoms. The van der Waals surface area contributed by atoms with E-state index in [9.17, 15) is 0 Å². The minimum atomic E-state index is -2.94. The van der Waals surface area contributed by atoms with Gasteiger partial charge in [-0.2, -0.15) is 0 Å². The number of rotatable bonds is 0. The second-order valence-electron chi connectivity index (χ2n) is 0.610. The Kier molecular flexibility index (Phi) is 8.81. The fraction of sp³-hybridized carbons (Fsp3) is 0. The van der Waals surface area contributed by atoms with Gasteiger partial charge in [0.1, 0.15) is 0 Å². The zero-order valence-corrected chi connectivity index (χ0v) is 7.74. The zero-order chi connectivity index (χ0) is 7.21. The molecule has 0 atom stereocenters. The summed E-state index contributed by atoms with van der Waals surface area (Å²) in [4.78, 5) is 0. The number of hydrogen-bond acceptors (Lipinski definition) is 2. The van der Waals surface area contributed by atoms with Crippen molar-refractivity contribution < 1.29 is 0 Å². The third-order valence-corrected chi connectivity index (χ3v) is 0. The molecule has 0 rings (SSSR count). The van der Waals surface area contributed by atoms with Crippen molar-refractivity contribution in [2.45, 2.75) is 0 Å². The van der Waals surface area contributed by atoms with Crippen LogP contribution in [0.25, 0.3) is 5.08 Å². The van der Waals surface area contributed by atoms with Gasteiger partial charge in [-0.3, -0.25) is 0 Å². The molecule has 48 valence electrons. The van der Waals surface area contributed by atoms with E-state index in [1.54, 1.807) is 0 Å². The zero-order valence-electron chi connectivity index (χ0n) is 3.56. The van der Waals surface area contributed by atoms with Crippen LogP contribution >= 0.6 is 40.2 Å². The Labute approximate surface area is 65.7 Å². The summed E-state index contributed by atoms with van der Waals surface area (Å²) in [5.41, 5.74) is 0. The molecule has 0 aromatic carbocycles. The summed E-state index contributed by atoms with van der Waals surface area (Å²) >= 11 is 0. The number of nitrogens with two attached hydrogens (primary N) is 1. The molecule has 2 N–H and O–H groups in total. The monoisotopic (exact) mass is 211 g/mol. The molecule has 0 saturated heterocycles. The van der Waals surface area contributed by atoms with Gasteiger partial charge in [0.2, 0.25) is 0 Å². The molecule has 0 spiro atoms. The number of nitrogens with zero attached hydrogens (tertiary/aromatic N) is 2. The molecular formula is H2AlCl4N3. The van der Waals surface area contributed by atoms with Crippen molar-refractivity contribution >= 4 is 49.6 Å². The summed E-state index contributed by atoms with van der Waals surface area (Å²) in [6, 6.07) is 0. The van der Waals surface area contributed by atoms with Gasteiger partial charge in [-0.15, -0.1) is 0 Å². The summed E-state index contributed by atoms with van der Waals surface area (Å²) in [5, 5.41) is 8.97. The maximum absolute atomic E-state index is 6.97. The molecule has 0 aliphatic carbocycles.